The lowest BCUT2D eigenvalue weighted by atomic mass is 10.1. The fourth-order valence-corrected chi connectivity index (χ4v) is 3.59. The molecule has 150 valence electrons. The fourth-order valence-electron chi connectivity index (χ4n) is 3.59. The van der Waals surface area contributed by atoms with E-state index in [4.69, 9.17) is 4.74 Å². The number of carbonyl (C=O) groups excluding carboxylic acids is 3. The van der Waals surface area contributed by atoms with Gasteiger partial charge in [-0.1, -0.05) is 24.3 Å². The van der Waals surface area contributed by atoms with Gasteiger partial charge < -0.3 is 10.1 Å². The Hall–Kier alpha value is -3.36. The number of anilines is 1. The number of cyclic esters (lactones) is 1. The molecule has 2 aromatic rings. The van der Waals surface area contributed by atoms with Gasteiger partial charge in [-0.3, -0.25) is 14.5 Å². The van der Waals surface area contributed by atoms with Gasteiger partial charge in [-0.2, -0.15) is 13.2 Å². The summed E-state index contributed by atoms with van der Waals surface area (Å²) in [7, 11) is 0. The Balaban J connectivity index is 1.58. The molecule has 0 aliphatic carbocycles. The van der Waals surface area contributed by atoms with Crippen LogP contribution in [0.15, 0.2) is 48.5 Å². The molecule has 0 aromatic heterocycles. The van der Waals surface area contributed by atoms with Gasteiger partial charge in [-0.05, 0) is 30.7 Å². The van der Waals surface area contributed by atoms with Gasteiger partial charge in [0, 0.05) is 17.7 Å². The van der Waals surface area contributed by atoms with Gasteiger partial charge in [0.1, 0.15) is 6.04 Å². The van der Waals surface area contributed by atoms with Crippen molar-refractivity contribution >= 4 is 23.5 Å². The molecule has 4 rings (SSSR count). The number of esters is 1. The normalized spacial score (nSPS) is 21.1. The molecule has 1 fully saturated rings. The number of fused-ring (bicyclic) bond motifs is 1. The number of alkyl halides is 3. The van der Waals surface area contributed by atoms with E-state index in [2.05, 4.69) is 5.32 Å². The number of hydrogen-bond donors (Lipinski definition) is 1. The number of halogens is 3. The van der Waals surface area contributed by atoms with Crippen LogP contribution in [0, 0.1) is 0 Å². The number of benzene rings is 2. The molecule has 0 bridgehead atoms. The van der Waals surface area contributed by atoms with Gasteiger partial charge in [0.15, 0.2) is 0 Å². The van der Waals surface area contributed by atoms with Gasteiger partial charge >= 0.3 is 12.1 Å². The first-order valence-corrected chi connectivity index (χ1v) is 8.85. The summed E-state index contributed by atoms with van der Waals surface area (Å²) in [6, 6.07) is 9.82. The zero-order valence-corrected chi connectivity index (χ0v) is 14.9. The summed E-state index contributed by atoms with van der Waals surface area (Å²) in [5.41, 5.74) is -0.139. The monoisotopic (exact) mass is 404 g/mol. The lowest BCUT2D eigenvalue weighted by molar-refractivity contribution is -0.144. The fraction of sp³-hybridized carbons (Fsp3) is 0.250. The lowest BCUT2D eigenvalue weighted by Gasteiger charge is -2.29. The molecule has 2 aromatic carbocycles. The maximum atomic E-state index is 12.9. The van der Waals surface area contributed by atoms with Crippen molar-refractivity contribution in [3.63, 3.8) is 0 Å². The van der Waals surface area contributed by atoms with E-state index in [1.807, 2.05) is 0 Å². The first-order chi connectivity index (χ1) is 13.8. The highest BCUT2D eigenvalue weighted by atomic mass is 19.4. The minimum atomic E-state index is -4.54. The third-order valence-electron chi connectivity index (χ3n) is 4.93. The van der Waals surface area contributed by atoms with Crippen molar-refractivity contribution in [2.45, 2.75) is 31.3 Å². The van der Waals surface area contributed by atoms with Crippen LogP contribution in [-0.2, 0) is 20.5 Å². The Kier molecular flexibility index (Phi) is 4.52. The summed E-state index contributed by atoms with van der Waals surface area (Å²) < 4.78 is 44.0. The maximum absolute atomic E-state index is 12.9. The predicted octanol–water partition coefficient (Wildman–Crippen LogP) is 3.50. The van der Waals surface area contributed by atoms with E-state index in [1.165, 1.54) is 17.0 Å². The molecule has 2 aliphatic heterocycles. The summed E-state index contributed by atoms with van der Waals surface area (Å²) >= 11 is 0. The molecule has 29 heavy (non-hydrogen) atoms. The number of nitrogens with zero attached hydrogens (tertiary/aromatic N) is 1. The molecule has 1 saturated heterocycles. The van der Waals surface area contributed by atoms with E-state index >= 15 is 0 Å². The van der Waals surface area contributed by atoms with E-state index in [1.54, 1.807) is 24.3 Å². The highest BCUT2D eigenvalue weighted by Crippen LogP contribution is 2.38. The summed E-state index contributed by atoms with van der Waals surface area (Å²) in [5, 5.41) is 2.43. The molecule has 0 spiro atoms. The third-order valence-corrected chi connectivity index (χ3v) is 4.93. The molecular formula is C20H15F3N2O4. The average molecular weight is 404 g/mol. The molecule has 6 nitrogen and oxygen atoms in total. The quantitative estimate of drug-likeness (QED) is 0.795. The van der Waals surface area contributed by atoms with Gasteiger partial charge in [-0.15, -0.1) is 0 Å². The van der Waals surface area contributed by atoms with Gasteiger partial charge in [0.2, 0.25) is 18.0 Å². The Bertz CT molecular complexity index is 1010. The predicted molar refractivity (Wildman–Crippen MR) is 94.5 cm³/mol. The second-order valence-electron chi connectivity index (χ2n) is 6.77. The zero-order valence-electron chi connectivity index (χ0n) is 14.9. The van der Waals surface area contributed by atoms with Crippen molar-refractivity contribution in [3.05, 3.63) is 65.2 Å². The summed E-state index contributed by atoms with van der Waals surface area (Å²) in [6.07, 6.45) is -5.35. The smallest absolute Gasteiger partial charge is 0.416 e. The van der Waals surface area contributed by atoms with Crippen molar-refractivity contribution in [1.29, 1.82) is 0 Å². The number of carbonyl (C=O) groups is 3. The largest absolute Gasteiger partial charge is 0.433 e. The molecule has 2 aliphatic rings. The van der Waals surface area contributed by atoms with E-state index in [9.17, 15) is 27.6 Å². The Labute approximate surface area is 163 Å². The number of amides is 2. The van der Waals surface area contributed by atoms with E-state index in [0.717, 1.165) is 12.1 Å². The first-order valence-electron chi connectivity index (χ1n) is 8.85. The summed E-state index contributed by atoms with van der Waals surface area (Å²) in [6.45, 7) is 0. The second kappa shape index (κ2) is 6.91. The molecule has 2 atom stereocenters. The molecule has 2 heterocycles. The molecule has 9 heteroatoms. The summed E-state index contributed by atoms with van der Waals surface area (Å²) in [5.74, 6) is -1.61. The van der Waals surface area contributed by atoms with Crippen molar-refractivity contribution in [2.75, 3.05) is 5.32 Å². The first kappa shape index (κ1) is 19.0. The van der Waals surface area contributed by atoms with Crippen molar-refractivity contribution in [1.82, 2.24) is 4.90 Å². The van der Waals surface area contributed by atoms with Crippen LogP contribution in [0.1, 0.15) is 40.6 Å². The molecule has 0 unspecified atom stereocenters. The van der Waals surface area contributed by atoms with Crippen molar-refractivity contribution < 1.29 is 32.3 Å². The second-order valence-corrected chi connectivity index (χ2v) is 6.77. The van der Waals surface area contributed by atoms with Crippen molar-refractivity contribution in [2.24, 2.45) is 0 Å². The van der Waals surface area contributed by atoms with Crippen molar-refractivity contribution in [3.8, 4) is 0 Å². The molecular weight excluding hydrogens is 389 g/mol. The SMILES string of the molecule is O=C1O[C@H](N2C(=O)CC[C@H]2C(=O)Nc2cccc(C(F)(F)F)c2)c2ccccc21. The van der Waals surface area contributed by atoms with E-state index in [0.29, 0.717) is 11.1 Å². The standard InChI is InChI=1S/C20H15F3N2O4/c21-20(22,23)11-4-3-5-12(10-11)24-17(27)15-8-9-16(26)25(15)18-13-6-1-2-7-14(13)19(28)29-18/h1-7,10,15,18H,8-9H2,(H,24,27)/t15-,18-/m0/s1. The number of likely N-dealkylation sites (tertiary alicyclic amines) is 1. The molecule has 0 saturated carbocycles. The number of hydrogen-bond acceptors (Lipinski definition) is 4. The number of ether oxygens (including phenoxy) is 1. The van der Waals surface area contributed by atoms with Gasteiger partial charge in [0.25, 0.3) is 0 Å². The maximum Gasteiger partial charge on any atom is 0.416 e. The molecule has 2 amide bonds. The Morgan fingerprint density at radius 3 is 2.62 bits per heavy atom. The van der Waals surface area contributed by atoms with Gasteiger partial charge in [0.05, 0.1) is 11.1 Å². The van der Waals surface area contributed by atoms with Crippen LogP contribution >= 0.6 is 0 Å². The average Bonchev–Trinajstić information content (AvgIpc) is 3.21. The number of nitrogens with one attached hydrogen (secondary N) is 1. The molecule has 0 radical (unpaired) electrons. The van der Waals surface area contributed by atoms with E-state index in [-0.39, 0.29) is 24.4 Å². The third kappa shape index (κ3) is 3.43. The van der Waals surface area contributed by atoms with Crippen LogP contribution in [0.2, 0.25) is 0 Å². The van der Waals surface area contributed by atoms with Crippen LogP contribution in [0.25, 0.3) is 0 Å². The highest BCUT2D eigenvalue weighted by Gasteiger charge is 2.46. The zero-order chi connectivity index (χ0) is 20.8. The summed E-state index contributed by atoms with van der Waals surface area (Å²) in [4.78, 5) is 38.4. The topological polar surface area (TPSA) is 75.7 Å². The van der Waals surface area contributed by atoms with Crippen LogP contribution in [-0.4, -0.2) is 28.7 Å². The Morgan fingerprint density at radius 2 is 1.86 bits per heavy atom. The lowest BCUT2D eigenvalue weighted by Crippen LogP contribution is -2.43. The minimum absolute atomic E-state index is 0.0343. The van der Waals surface area contributed by atoms with Gasteiger partial charge in [-0.25, -0.2) is 4.79 Å². The van der Waals surface area contributed by atoms with Crippen LogP contribution in [0.3, 0.4) is 0 Å². The highest BCUT2D eigenvalue weighted by molar-refractivity contribution is 6.00. The minimum Gasteiger partial charge on any atom is -0.433 e. The van der Waals surface area contributed by atoms with Crippen LogP contribution < -0.4 is 5.32 Å². The van der Waals surface area contributed by atoms with Crippen LogP contribution in [0.4, 0.5) is 18.9 Å². The Morgan fingerprint density at radius 1 is 1.10 bits per heavy atom. The number of rotatable bonds is 3. The van der Waals surface area contributed by atoms with E-state index < -0.39 is 35.9 Å². The molecule has 1 N–H and O–H groups in total. The van der Waals surface area contributed by atoms with Crippen LogP contribution in [0.5, 0.6) is 0 Å².